The summed E-state index contributed by atoms with van der Waals surface area (Å²) >= 11 is 12.6. The summed E-state index contributed by atoms with van der Waals surface area (Å²) in [6.45, 7) is 2.90. The zero-order valence-electron chi connectivity index (χ0n) is 21.6. The number of carbonyl (C=O) groups excluding carboxylic acids is 1. The van der Waals surface area contributed by atoms with E-state index in [0.29, 0.717) is 22.2 Å². The van der Waals surface area contributed by atoms with Crippen molar-refractivity contribution in [2.75, 3.05) is 20.6 Å². The molecule has 1 aromatic heterocycles. The summed E-state index contributed by atoms with van der Waals surface area (Å²) in [5.74, 6) is -0.0367. The van der Waals surface area contributed by atoms with E-state index in [2.05, 4.69) is 85.5 Å². The molecule has 3 aromatic carbocycles. The van der Waals surface area contributed by atoms with Gasteiger partial charge in [-0.05, 0) is 75.2 Å². The average molecular weight is 535 g/mol. The third-order valence-electron chi connectivity index (χ3n) is 8.11. The van der Waals surface area contributed by atoms with Gasteiger partial charge in [-0.15, -0.1) is 0 Å². The molecule has 0 saturated carbocycles. The minimum atomic E-state index is -0.140. The first-order chi connectivity index (χ1) is 17.8. The number of para-hydroxylation sites is 1. The van der Waals surface area contributed by atoms with Crippen molar-refractivity contribution in [3.63, 3.8) is 0 Å². The number of carbonyl (C=O) groups is 1. The number of nitrogens with one attached hydrogen (secondary N) is 1. The second kappa shape index (κ2) is 10.5. The molecule has 37 heavy (non-hydrogen) atoms. The molecule has 1 aliphatic rings. The third-order valence-corrected chi connectivity index (χ3v) is 8.55. The van der Waals surface area contributed by atoms with E-state index in [-0.39, 0.29) is 17.5 Å². The molecule has 2 unspecified atom stereocenters. The van der Waals surface area contributed by atoms with E-state index in [1.807, 2.05) is 4.90 Å². The van der Waals surface area contributed by atoms with Gasteiger partial charge >= 0.3 is 0 Å². The molecular weight excluding hydrogens is 501 g/mol. The number of rotatable bonds is 7. The van der Waals surface area contributed by atoms with E-state index in [9.17, 15) is 4.79 Å². The van der Waals surface area contributed by atoms with Gasteiger partial charge in [-0.2, -0.15) is 0 Å². The number of hydrogen-bond donors (Lipinski definition) is 1. The maximum atomic E-state index is 13.9. The van der Waals surface area contributed by atoms with Gasteiger partial charge in [0.1, 0.15) is 0 Å². The summed E-state index contributed by atoms with van der Waals surface area (Å²) in [6.07, 6.45) is 3.50. The summed E-state index contributed by atoms with van der Waals surface area (Å²) in [4.78, 5) is 22.0. The van der Waals surface area contributed by atoms with Gasteiger partial charge in [0, 0.05) is 44.3 Å². The molecule has 1 N–H and O–H groups in total. The van der Waals surface area contributed by atoms with Gasteiger partial charge in [0.15, 0.2) is 0 Å². The highest BCUT2D eigenvalue weighted by Gasteiger charge is 2.38. The maximum Gasteiger partial charge on any atom is 0.254 e. The number of H-pyrrole nitrogens is 1. The predicted molar refractivity (Wildman–Crippen MR) is 154 cm³/mol. The van der Waals surface area contributed by atoms with E-state index in [0.717, 1.165) is 36.9 Å². The van der Waals surface area contributed by atoms with Crippen LogP contribution in [-0.2, 0) is 12.0 Å². The normalized spacial score (nSPS) is 17.1. The lowest BCUT2D eigenvalue weighted by atomic mass is 9.79. The Balaban J connectivity index is 1.56. The summed E-state index contributed by atoms with van der Waals surface area (Å²) in [6, 6.07) is 24.2. The fourth-order valence-electron chi connectivity index (χ4n) is 6.15. The Bertz CT molecular complexity index is 1390. The van der Waals surface area contributed by atoms with Gasteiger partial charge in [0.2, 0.25) is 0 Å². The first-order valence-electron chi connectivity index (χ1n) is 12.9. The van der Waals surface area contributed by atoms with Crippen molar-refractivity contribution in [1.82, 2.24) is 14.8 Å². The first-order valence-corrected chi connectivity index (χ1v) is 13.7. The Hall–Kier alpha value is -2.79. The minimum absolute atomic E-state index is 0.0367. The smallest absolute Gasteiger partial charge is 0.254 e. The number of amides is 1. The first kappa shape index (κ1) is 25.8. The number of fused-ring (bicyclic) bond motifs is 3. The lowest BCUT2D eigenvalue weighted by Crippen LogP contribution is -2.44. The molecule has 0 saturated heterocycles. The quantitative estimate of drug-likeness (QED) is 0.262. The SMILES string of the molecule is CCC(CCC1c2[nH]c3ccccc3c2CCN1C(=O)c1cc(Cl)cc(Cl)c1)(c1ccccc1)N(C)C. The van der Waals surface area contributed by atoms with Crippen LogP contribution >= 0.6 is 23.2 Å². The number of aromatic nitrogens is 1. The molecule has 6 heteroatoms. The maximum absolute atomic E-state index is 13.9. The molecule has 0 fully saturated rings. The van der Waals surface area contributed by atoms with E-state index in [1.54, 1.807) is 18.2 Å². The Morgan fingerprint density at radius 3 is 2.38 bits per heavy atom. The molecule has 5 rings (SSSR count). The van der Waals surface area contributed by atoms with Gasteiger partial charge in [-0.3, -0.25) is 9.69 Å². The minimum Gasteiger partial charge on any atom is -0.356 e. The van der Waals surface area contributed by atoms with E-state index in [4.69, 9.17) is 23.2 Å². The molecule has 192 valence electrons. The van der Waals surface area contributed by atoms with Crippen LogP contribution in [0.4, 0.5) is 0 Å². The summed E-state index contributed by atoms with van der Waals surface area (Å²) in [7, 11) is 4.31. The van der Waals surface area contributed by atoms with E-state index < -0.39 is 0 Å². The standard InChI is InChI=1S/C31H33Cl2N3O/c1-4-31(35(2)3,22-10-6-5-7-11-22)16-14-28-29-26(25-12-8-9-13-27(25)34-29)15-17-36(28)30(37)21-18-23(32)20-24(33)19-21/h5-13,18-20,28,34H,4,14-17H2,1-3H3. The molecule has 0 spiro atoms. The molecule has 0 bridgehead atoms. The molecule has 1 amide bonds. The van der Waals surface area contributed by atoms with Crippen molar-refractivity contribution < 1.29 is 4.79 Å². The molecule has 2 atom stereocenters. The highest BCUT2D eigenvalue weighted by molar-refractivity contribution is 6.35. The van der Waals surface area contributed by atoms with Gasteiger partial charge in [-0.25, -0.2) is 0 Å². The summed E-state index contributed by atoms with van der Waals surface area (Å²) < 4.78 is 0. The fraction of sp³-hybridized carbons (Fsp3) is 0.323. The second-order valence-corrected chi connectivity index (χ2v) is 11.0. The van der Waals surface area contributed by atoms with Crippen LogP contribution in [0.15, 0.2) is 72.8 Å². The second-order valence-electron chi connectivity index (χ2n) is 10.2. The zero-order valence-corrected chi connectivity index (χ0v) is 23.1. The van der Waals surface area contributed by atoms with Gasteiger partial charge in [0.05, 0.1) is 6.04 Å². The number of hydrogen-bond acceptors (Lipinski definition) is 2. The third kappa shape index (κ3) is 4.79. The molecular formula is C31H33Cl2N3O. The molecule has 0 aliphatic carbocycles. The van der Waals surface area contributed by atoms with Crippen molar-refractivity contribution in [1.29, 1.82) is 0 Å². The summed E-state index contributed by atoms with van der Waals surface area (Å²) in [5, 5.41) is 2.19. The van der Waals surface area contributed by atoms with Crippen molar-refractivity contribution in [3.05, 3.63) is 105 Å². The van der Waals surface area contributed by atoms with Gasteiger partial charge in [-0.1, -0.05) is 78.7 Å². The van der Waals surface area contributed by atoms with Crippen LogP contribution in [0.1, 0.15) is 59.4 Å². The Morgan fingerprint density at radius 2 is 1.70 bits per heavy atom. The van der Waals surface area contributed by atoms with Crippen LogP contribution in [0.25, 0.3) is 10.9 Å². The average Bonchev–Trinajstić information content (AvgIpc) is 3.28. The fourth-order valence-corrected chi connectivity index (χ4v) is 6.68. The van der Waals surface area contributed by atoms with Crippen molar-refractivity contribution in [2.45, 2.75) is 44.2 Å². The largest absolute Gasteiger partial charge is 0.356 e. The van der Waals surface area contributed by atoms with Crippen LogP contribution < -0.4 is 0 Å². The Labute approximate surface area is 229 Å². The highest BCUT2D eigenvalue weighted by atomic mass is 35.5. The topological polar surface area (TPSA) is 39.3 Å². The van der Waals surface area contributed by atoms with Crippen molar-refractivity contribution >= 4 is 40.0 Å². The lowest BCUT2D eigenvalue weighted by Gasteiger charge is -2.43. The Kier molecular flexibility index (Phi) is 7.35. The number of nitrogens with zero attached hydrogens (tertiary/aromatic N) is 2. The van der Waals surface area contributed by atoms with Crippen LogP contribution in [0, 0.1) is 0 Å². The number of benzene rings is 3. The lowest BCUT2D eigenvalue weighted by molar-refractivity contribution is 0.0592. The molecule has 4 nitrogen and oxygen atoms in total. The van der Waals surface area contributed by atoms with Crippen LogP contribution in [0.2, 0.25) is 10.0 Å². The summed E-state index contributed by atoms with van der Waals surface area (Å²) in [5.41, 5.74) is 5.27. The molecule has 0 radical (unpaired) electrons. The van der Waals surface area contributed by atoms with Crippen LogP contribution in [0.3, 0.4) is 0 Å². The van der Waals surface area contributed by atoms with E-state index >= 15 is 0 Å². The van der Waals surface area contributed by atoms with Crippen molar-refractivity contribution in [3.8, 4) is 0 Å². The molecule has 1 aliphatic heterocycles. The molecule has 2 heterocycles. The van der Waals surface area contributed by atoms with Gasteiger partial charge in [0.25, 0.3) is 5.91 Å². The molecule has 4 aromatic rings. The van der Waals surface area contributed by atoms with Crippen LogP contribution in [-0.4, -0.2) is 41.3 Å². The van der Waals surface area contributed by atoms with E-state index in [1.165, 1.54) is 16.5 Å². The zero-order chi connectivity index (χ0) is 26.2. The van der Waals surface area contributed by atoms with Gasteiger partial charge < -0.3 is 9.88 Å². The number of aromatic amines is 1. The van der Waals surface area contributed by atoms with Crippen LogP contribution in [0.5, 0.6) is 0 Å². The Morgan fingerprint density at radius 1 is 1.03 bits per heavy atom. The number of halogens is 2. The van der Waals surface area contributed by atoms with Crippen molar-refractivity contribution in [2.24, 2.45) is 0 Å². The highest BCUT2D eigenvalue weighted by Crippen LogP contribution is 2.42. The monoisotopic (exact) mass is 533 g/mol. The predicted octanol–water partition coefficient (Wildman–Crippen LogP) is 7.86.